The predicted octanol–water partition coefficient (Wildman–Crippen LogP) is 0.264. The third kappa shape index (κ3) is 4.48. The van der Waals surface area contributed by atoms with Gasteiger partial charge in [0.25, 0.3) is 0 Å². The monoisotopic (exact) mass is 317 g/mol. The number of urea groups is 1. The fourth-order valence-electron chi connectivity index (χ4n) is 2.89. The van der Waals surface area contributed by atoms with Crippen molar-refractivity contribution in [2.45, 2.75) is 31.3 Å². The number of rotatable bonds is 6. The van der Waals surface area contributed by atoms with Crippen LogP contribution in [0.4, 0.5) is 4.79 Å². The molecule has 2 amide bonds. The number of amides is 2. The first kappa shape index (κ1) is 16.9. The van der Waals surface area contributed by atoms with Crippen LogP contribution in [-0.4, -0.2) is 78.6 Å². The standard InChI is InChI=1S/C14H27N3O3S/c1-2-12(9-18)16-13(19)15-10-14(3-8-21-11-14)17-4-6-20-7-5-17/h12,18H,2-11H2,1H3,(H2,15,16,19)/t12-,14+/m0/s1. The number of morpholine rings is 1. The normalized spacial score (nSPS) is 28.3. The number of carbonyl (C=O) groups excluding carboxylic acids is 1. The predicted molar refractivity (Wildman–Crippen MR) is 84.8 cm³/mol. The van der Waals surface area contributed by atoms with Crippen LogP contribution in [0.3, 0.4) is 0 Å². The Balaban J connectivity index is 1.86. The van der Waals surface area contributed by atoms with E-state index >= 15 is 0 Å². The molecule has 2 aliphatic rings. The van der Waals surface area contributed by atoms with Gasteiger partial charge in [-0.1, -0.05) is 6.92 Å². The topological polar surface area (TPSA) is 73.8 Å². The van der Waals surface area contributed by atoms with Gasteiger partial charge in [-0.15, -0.1) is 0 Å². The second-order valence-corrected chi connectivity index (χ2v) is 6.85. The lowest BCUT2D eigenvalue weighted by Gasteiger charge is -2.43. The number of nitrogens with one attached hydrogen (secondary N) is 2. The molecule has 7 heteroatoms. The molecule has 0 spiro atoms. The Morgan fingerprint density at radius 3 is 2.81 bits per heavy atom. The van der Waals surface area contributed by atoms with Gasteiger partial charge in [-0.25, -0.2) is 4.79 Å². The highest BCUT2D eigenvalue weighted by Crippen LogP contribution is 2.33. The van der Waals surface area contributed by atoms with E-state index in [9.17, 15) is 4.79 Å². The van der Waals surface area contributed by atoms with Crippen LogP contribution in [0.2, 0.25) is 0 Å². The lowest BCUT2D eigenvalue weighted by Crippen LogP contribution is -2.60. The summed E-state index contributed by atoms with van der Waals surface area (Å²) in [7, 11) is 0. The minimum atomic E-state index is -0.180. The zero-order valence-corrected chi connectivity index (χ0v) is 13.6. The molecule has 0 aromatic carbocycles. The highest BCUT2D eigenvalue weighted by Gasteiger charge is 2.40. The number of carbonyl (C=O) groups is 1. The summed E-state index contributed by atoms with van der Waals surface area (Å²) >= 11 is 1.96. The molecule has 2 fully saturated rings. The minimum absolute atomic E-state index is 0.0195. The number of thioether (sulfide) groups is 1. The number of ether oxygens (including phenoxy) is 1. The van der Waals surface area contributed by atoms with Crippen LogP contribution in [0.5, 0.6) is 0 Å². The molecule has 0 bridgehead atoms. The second-order valence-electron chi connectivity index (χ2n) is 5.74. The van der Waals surface area contributed by atoms with Crippen LogP contribution in [0, 0.1) is 0 Å². The highest BCUT2D eigenvalue weighted by molar-refractivity contribution is 7.99. The van der Waals surface area contributed by atoms with Gasteiger partial charge < -0.3 is 20.5 Å². The van der Waals surface area contributed by atoms with Crippen molar-refractivity contribution in [2.75, 3.05) is 51.0 Å². The van der Waals surface area contributed by atoms with Crippen LogP contribution in [0.15, 0.2) is 0 Å². The van der Waals surface area contributed by atoms with Crippen LogP contribution in [0.1, 0.15) is 19.8 Å². The van der Waals surface area contributed by atoms with E-state index in [0.717, 1.165) is 50.7 Å². The van der Waals surface area contributed by atoms with Crippen LogP contribution in [0.25, 0.3) is 0 Å². The number of hydrogen-bond acceptors (Lipinski definition) is 5. The maximum Gasteiger partial charge on any atom is 0.315 e. The molecule has 3 N–H and O–H groups in total. The van der Waals surface area contributed by atoms with E-state index < -0.39 is 0 Å². The van der Waals surface area contributed by atoms with E-state index in [1.165, 1.54) is 0 Å². The summed E-state index contributed by atoms with van der Waals surface area (Å²) in [4.78, 5) is 14.4. The summed E-state index contributed by atoms with van der Waals surface area (Å²) in [5.74, 6) is 2.21. The highest BCUT2D eigenvalue weighted by atomic mass is 32.2. The molecule has 2 rings (SSSR count). The molecule has 0 aromatic heterocycles. The van der Waals surface area contributed by atoms with Crippen LogP contribution < -0.4 is 10.6 Å². The quantitative estimate of drug-likeness (QED) is 0.655. The van der Waals surface area contributed by atoms with Crippen molar-refractivity contribution in [3.8, 4) is 0 Å². The Kier molecular flexibility index (Phi) is 6.60. The van der Waals surface area contributed by atoms with Gasteiger partial charge in [0, 0.05) is 30.9 Å². The Morgan fingerprint density at radius 1 is 1.48 bits per heavy atom. The average Bonchev–Trinajstić information content (AvgIpc) is 3.01. The third-order valence-corrected chi connectivity index (χ3v) is 5.63. The van der Waals surface area contributed by atoms with Crippen molar-refractivity contribution >= 4 is 17.8 Å². The summed E-state index contributed by atoms with van der Waals surface area (Å²) in [6.07, 6.45) is 1.84. The molecule has 0 aliphatic carbocycles. The Labute approximate surface area is 131 Å². The molecule has 2 saturated heterocycles. The van der Waals surface area contributed by atoms with E-state index in [4.69, 9.17) is 9.84 Å². The van der Waals surface area contributed by atoms with Crippen molar-refractivity contribution in [3.63, 3.8) is 0 Å². The first-order chi connectivity index (χ1) is 10.2. The van der Waals surface area contributed by atoms with Crippen molar-refractivity contribution in [3.05, 3.63) is 0 Å². The molecule has 21 heavy (non-hydrogen) atoms. The maximum absolute atomic E-state index is 12.0. The minimum Gasteiger partial charge on any atom is -0.394 e. The van der Waals surface area contributed by atoms with E-state index in [-0.39, 0.29) is 24.2 Å². The average molecular weight is 317 g/mol. The zero-order chi connectivity index (χ0) is 15.1. The first-order valence-electron chi connectivity index (χ1n) is 7.76. The van der Waals surface area contributed by atoms with Gasteiger partial charge in [-0.3, -0.25) is 4.90 Å². The molecule has 2 heterocycles. The number of hydrogen-bond donors (Lipinski definition) is 3. The van der Waals surface area contributed by atoms with Gasteiger partial charge in [0.2, 0.25) is 0 Å². The summed E-state index contributed by atoms with van der Waals surface area (Å²) in [6.45, 7) is 6.03. The molecule has 0 saturated carbocycles. The molecule has 2 atom stereocenters. The van der Waals surface area contributed by atoms with Crippen molar-refractivity contribution in [2.24, 2.45) is 0 Å². The smallest absolute Gasteiger partial charge is 0.315 e. The van der Waals surface area contributed by atoms with Crippen LogP contribution in [-0.2, 0) is 4.74 Å². The zero-order valence-electron chi connectivity index (χ0n) is 12.8. The van der Waals surface area contributed by atoms with Crippen LogP contribution >= 0.6 is 11.8 Å². The van der Waals surface area contributed by atoms with Gasteiger partial charge in [-0.2, -0.15) is 11.8 Å². The molecule has 0 aromatic rings. The number of aliphatic hydroxyl groups excluding tert-OH is 1. The summed E-state index contributed by atoms with van der Waals surface area (Å²) in [5, 5.41) is 15.0. The lowest BCUT2D eigenvalue weighted by atomic mass is 9.95. The molecular weight excluding hydrogens is 290 g/mol. The van der Waals surface area contributed by atoms with Crippen molar-refractivity contribution in [1.29, 1.82) is 0 Å². The molecule has 0 unspecified atom stereocenters. The first-order valence-corrected chi connectivity index (χ1v) is 8.91. The van der Waals surface area contributed by atoms with Gasteiger partial charge in [0.1, 0.15) is 0 Å². The molecular formula is C14H27N3O3S. The molecule has 0 radical (unpaired) electrons. The van der Waals surface area contributed by atoms with Gasteiger partial charge in [0.15, 0.2) is 0 Å². The number of nitrogens with zero attached hydrogens (tertiary/aromatic N) is 1. The lowest BCUT2D eigenvalue weighted by molar-refractivity contribution is -0.0124. The maximum atomic E-state index is 12.0. The molecule has 6 nitrogen and oxygen atoms in total. The summed E-state index contributed by atoms with van der Waals surface area (Å²) in [5.41, 5.74) is 0.0622. The van der Waals surface area contributed by atoms with Gasteiger partial charge in [-0.05, 0) is 18.6 Å². The Morgan fingerprint density at radius 2 is 2.24 bits per heavy atom. The SMILES string of the molecule is CC[C@@H](CO)NC(=O)NC[C@]1(N2CCOCC2)CCSC1. The van der Waals surface area contributed by atoms with E-state index in [2.05, 4.69) is 15.5 Å². The molecule has 2 aliphatic heterocycles. The molecule has 122 valence electrons. The third-order valence-electron chi connectivity index (χ3n) is 4.39. The van der Waals surface area contributed by atoms with E-state index in [0.29, 0.717) is 6.54 Å². The summed E-state index contributed by atoms with van der Waals surface area (Å²) in [6, 6.07) is -0.345. The van der Waals surface area contributed by atoms with E-state index in [1.807, 2.05) is 18.7 Å². The second kappa shape index (κ2) is 8.22. The van der Waals surface area contributed by atoms with Gasteiger partial charge >= 0.3 is 6.03 Å². The fourth-order valence-corrected chi connectivity index (χ4v) is 4.37. The van der Waals surface area contributed by atoms with Crippen molar-refractivity contribution < 1.29 is 14.6 Å². The fraction of sp³-hybridized carbons (Fsp3) is 0.929. The largest absolute Gasteiger partial charge is 0.394 e. The summed E-state index contributed by atoms with van der Waals surface area (Å²) < 4.78 is 5.44. The Hall–Kier alpha value is -0.500. The van der Waals surface area contributed by atoms with Crippen molar-refractivity contribution in [1.82, 2.24) is 15.5 Å². The number of aliphatic hydroxyl groups is 1. The van der Waals surface area contributed by atoms with E-state index in [1.54, 1.807) is 0 Å². The van der Waals surface area contributed by atoms with Gasteiger partial charge in [0.05, 0.1) is 25.9 Å². The Bertz CT molecular complexity index is 327.